The van der Waals surface area contributed by atoms with Crippen LogP contribution in [0.25, 0.3) is 0 Å². The number of nitrogens with zero attached hydrogens (tertiary/aromatic N) is 1. The molecule has 2 atom stereocenters. The Labute approximate surface area is 96.2 Å². The molecule has 3 nitrogen and oxygen atoms in total. The van der Waals surface area contributed by atoms with Gasteiger partial charge in [0.05, 0.1) is 6.04 Å². The molecular formula is C13H18N2O. The molecule has 1 N–H and O–H groups in total. The lowest BCUT2D eigenvalue weighted by Gasteiger charge is -2.24. The zero-order valence-electron chi connectivity index (χ0n) is 10.1. The molecule has 0 radical (unpaired) electrons. The Morgan fingerprint density at radius 2 is 2.31 bits per heavy atom. The highest BCUT2D eigenvalue weighted by Gasteiger charge is 2.44. The molecule has 2 unspecified atom stereocenters. The van der Waals surface area contributed by atoms with Crippen LogP contribution in [0.3, 0.4) is 0 Å². The van der Waals surface area contributed by atoms with Crippen molar-refractivity contribution in [2.24, 2.45) is 5.41 Å². The highest BCUT2D eigenvalue weighted by Crippen LogP contribution is 2.42. The van der Waals surface area contributed by atoms with Crippen LogP contribution >= 0.6 is 0 Å². The van der Waals surface area contributed by atoms with Crippen LogP contribution in [0.15, 0.2) is 12.3 Å². The molecule has 3 rings (SSSR count). The second-order valence-electron chi connectivity index (χ2n) is 6.03. The van der Waals surface area contributed by atoms with E-state index < -0.39 is 0 Å². The van der Waals surface area contributed by atoms with Crippen LogP contribution in [0.5, 0.6) is 5.75 Å². The van der Waals surface area contributed by atoms with E-state index in [1.54, 1.807) is 0 Å². The SMILES string of the molecule is CC(C)(C)Cc1ccnc2c1OC1CC1N2. The summed E-state index contributed by atoms with van der Waals surface area (Å²) in [6.07, 6.45) is 4.40. The van der Waals surface area contributed by atoms with Crippen molar-refractivity contribution in [3.63, 3.8) is 0 Å². The average molecular weight is 218 g/mol. The Morgan fingerprint density at radius 3 is 3.06 bits per heavy atom. The first-order valence-corrected chi connectivity index (χ1v) is 5.94. The number of anilines is 1. The number of aromatic nitrogens is 1. The fourth-order valence-corrected chi connectivity index (χ4v) is 2.21. The van der Waals surface area contributed by atoms with Crippen molar-refractivity contribution in [2.75, 3.05) is 5.32 Å². The second-order valence-corrected chi connectivity index (χ2v) is 6.03. The van der Waals surface area contributed by atoms with Gasteiger partial charge in [-0.05, 0) is 17.9 Å². The molecule has 1 aromatic heterocycles. The third-order valence-electron chi connectivity index (χ3n) is 3.03. The molecule has 1 fully saturated rings. The number of hydrogen-bond donors (Lipinski definition) is 1. The van der Waals surface area contributed by atoms with E-state index in [2.05, 4.69) is 37.1 Å². The summed E-state index contributed by atoms with van der Waals surface area (Å²) in [6.45, 7) is 6.74. The van der Waals surface area contributed by atoms with Gasteiger partial charge < -0.3 is 10.1 Å². The van der Waals surface area contributed by atoms with E-state index in [9.17, 15) is 0 Å². The minimum atomic E-state index is 0.277. The zero-order valence-corrected chi connectivity index (χ0v) is 10.1. The average Bonchev–Trinajstić information content (AvgIpc) is 2.90. The number of nitrogens with one attached hydrogen (secondary N) is 1. The molecule has 0 bridgehead atoms. The van der Waals surface area contributed by atoms with E-state index >= 15 is 0 Å². The van der Waals surface area contributed by atoms with Gasteiger partial charge in [0.1, 0.15) is 6.10 Å². The Kier molecular flexibility index (Phi) is 1.94. The minimum absolute atomic E-state index is 0.277. The molecule has 0 amide bonds. The minimum Gasteiger partial charge on any atom is -0.484 e. The van der Waals surface area contributed by atoms with Crippen LogP contribution in [0.2, 0.25) is 0 Å². The van der Waals surface area contributed by atoms with Gasteiger partial charge in [0, 0.05) is 18.2 Å². The van der Waals surface area contributed by atoms with Gasteiger partial charge in [-0.2, -0.15) is 0 Å². The maximum atomic E-state index is 5.96. The molecule has 16 heavy (non-hydrogen) atoms. The lowest BCUT2D eigenvalue weighted by Crippen LogP contribution is -2.21. The third kappa shape index (κ3) is 1.75. The molecule has 0 aromatic carbocycles. The van der Waals surface area contributed by atoms with Crippen LogP contribution in [0.4, 0.5) is 5.82 Å². The third-order valence-corrected chi connectivity index (χ3v) is 3.03. The van der Waals surface area contributed by atoms with Crippen molar-refractivity contribution in [3.8, 4) is 5.75 Å². The summed E-state index contributed by atoms with van der Waals surface area (Å²) in [7, 11) is 0. The van der Waals surface area contributed by atoms with E-state index in [-0.39, 0.29) is 5.41 Å². The first-order valence-electron chi connectivity index (χ1n) is 5.94. The van der Waals surface area contributed by atoms with Gasteiger partial charge >= 0.3 is 0 Å². The first kappa shape index (κ1) is 9.94. The van der Waals surface area contributed by atoms with Crippen molar-refractivity contribution in [1.82, 2.24) is 4.98 Å². The summed E-state index contributed by atoms with van der Waals surface area (Å²) in [4.78, 5) is 4.35. The number of fused-ring (bicyclic) bond motifs is 2. The highest BCUT2D eigenvalue weighted by molar-refractivity contribution is 5.58. The van der Waals surface area contributed by atoms with E-state index in [1.807, 2.05) is 6.20 Å². The number of hydrogen-bond acceptors (Lipinski definition) is 3. The maximum Gasteiger partial charge on any atom is 0.169 e. The second kappa shape index (κ2) is 3.12. The van der Waals surface area contributed by atoms with Gasteiger partial charge in [0.2, 0.25) is 0 Å². The number of ether oxygens (including phenoxy) is 1. The van der Waals surface area contributed by atoms with Crippen molar-refractivity contribution >= 4 is 5.82 Å². The Morgan fingerprint density at radius 1 is 1.50 bits per heavy atom. The molecule has 1 saturated carbocycles. The van der Waals surface area contributed by atoms with Gasteiger partial charge in [-0.25, -0.2) is 4.98 Å². The summed E-state index contributed by atoms with van der Waals surface area (Å²) >= 11 is 0. The quantitative estimate of drug-likeness (QED) is 0.786. The lowest BCUT2D eigenvalue weighted by atomic mass is 9.88. The van der Waals surface area contributed by atoms with Crippen molar-refractivity contribution in [1.29, 1.82) is 0 Å². The summed E-state index contributed by atoms with van der Waals surface area (Å²) in [5.41, 5.74) is 1.55. The normalized spacial score (nSPS) is 26.2. The highest BCUT2D eigenvalue weighted by atomic mass is 16.5. The summed E-state index contributed by atoms with van der Waals surface area (Å²) in [6, 6.07) is 2.58. The Balaban J connectivity index is 1.94. The van der Waals surface area contributed by atoms with Gasteiger partial charge in [-0.3, -0.25) is 0 Å². The van der Waals surface area contributed by atoms with Gasteiger partial charge in [-0.15, -0.1) is 0 Å². The van der Waals surface area contributed by atoms with Gasteiger partial charge in [0.15, 0.2) is 11.6 Å². The van der Waals surface area contributed by atoms with E-state index in [0.717, 1.165) is 24.4 Å². The van der Waals surface area contributed by atoms with Crippen molar-refractivity contribution in [3.05, 3.63) is 17.8 Å². The van der Waals surface area contributed by atoms with Gasteiger partial charge in [-0.1, -0.05) is 20.8 Å². The predicted molar refractivity (Wildman–Crippen MR) is 63.8 cm³/mol. The molecule has 1 aliphatic carbocycles. The molecule has 0 saturated heterocycles. The molecule has 3 heteroatoms. The Hall–Kier alpha value is -1.25. The number of pyridine rings is 1. The van der Waals surface area contributed by atoms with Crippen molar-refractivity contribution in [2.45, 2.75) is 45.8 Å². The summed E-state index contributed by atoms with van der Waals surface area (Å²) < 4.78 is 5.96. The molecule has 2 aliphatic rings. The monoisotopic (exact) mass is 218 g/mol. The fourth-order valence-electron chi connectivity index (χ4n) is 2.21. The van der Waals surface area contributed by atoms with Gasteiger partial charge in [0.25, 0.3) is 0 Å². The van der Waals surface area contributed by atoms with E-state index in [4.69, 9.17) is 4.74 Å². The molecule has 86 valence electrons. The lowest BCUT2D eigenvalue weighted by molar-refractivity contribution is 0.283. The van der Waals surface area contributed by atoms with Crippen LogP contribution in [0, 0.1) is 5.41 Å². The topological polar surface area (TPSA) is 34.1 Å². The molecule has 0 spiro atoms. The van der Waals surface area contributed by atoms with Crippen LogP contribution in [-0.2, 0) is 6.42 Å². The summed E-state index contributed by atoms with van der Waals surface area (Å²) in [5.74, 6) is 1.91. The fraction of sp³-hybridized carbons (Fsp3) is 0.615. The molecule has 2 heterocycles. The molecular weight excluding hydrogens is 200 g/mol. The standard InChI is InChI=1S/C13H18N2O/c1-13(2,3)7-8-4-5-14-12-11(8)16-10-6-9(10)15-12/h4-5,9-10H,6-7H2,1-3H3,(H,14,15). The molecule has 1 aromatic rings. The van der Waals surface area contributed by atoms with E-state index in [0.29, 0.717) is 12.1 Å². The van der Waals surface area contributed by atoms with Crippen LogP contribution in [-0.4, -0.2) is 17.1 Å². The largest absolute Gasteiger partial charge is 0.484 e. The smallest absolute Gasteiger partial charge is 0.169 e. The number of rotatable bonds is 1. The predicted octanol–water partition coefficient (Wildman–Crippen LogP) is 2.62. The van der Waals surface area contributed by atoms with E-state index in [1.165, 1.54) is 5.56 Å². The van der Waals surface area contributed by atoms with Crippen LogP contribution < -0.4 is 10.1 Å². The zero-order chi connectivity index (χ0) is 11.3. The molecule has 1 aliphatic heterocycles. The first-order chi connectivity index (χ1) is 7.53. The van der Waals surface area contributed by atoms with Crippen LogP contribution in [0.1, 0.15) is 32.8 Å². The van der Waals surface area contributed by atoms with Crippen molar-refractivity contribution < 1.29 is 4.74 Å². The Bertz CT molecular complexity index is 422. The maximum absolute atomic E-state index is 5.96. The summed E-state index contributed by atoms with van der Waals surface area (Å²) in [5, 5.41) is 3.42.